The van der Waals surface area contributed by atoms with Gasteiger partial charge in [0.1, 0.15) is 24.4 Å². The van der Waals surface area contributed by atoms with E-state index in [0.717, 1.165) is 70.6 Å². The first-order valence-electron chi connectivity index (χ1n) is 26.6. The summed E-state index contributed by atoms with van der Waals surface area (Å²) in [5, 5.41) is 0. The van der Waals surface area contributed by atoms with Crippen molar-refractivity contribution >= 4 is 0 Å². The van der Waals surface area contributed by atoms with E-state index in [2.05, 4.69) is 138 Å². The maximum Gasteiger partial charge on any atom is 0.187 e. The minimum absolute atomic E-state index is 0.0707. The van der Waals surface area contributed by atoms with E-state index < -0.39 is 30.7 Å². The average Bonchev–Trinajstić information content (AvgIpc) is 3.71. The van der Waals surface area contributed by atoms with Gasteiger partial charge in [0.05, 0.1) is 39.1 Å². The molecule has 0 amide bonds. The molecule has 0 spiro atoms. The monoisotopic (exact) mass is 911 g/mol. The molecule has 0 unspecified atom stereocenters. The number of fused-ring (bicyclic) bond motifs is 5. The minimum atomic E-state index is -0.662. The fraction of sp³-hybridized carbons (Fsp3) is 0.607. The first-order chi connectivity index (χ1) is 32.7. The van der Waals surface area contributed by atoms with Crippen LogP contribution < -0.4 is 0 Å². The van der Waals surface area contributed by atoms with E-state index in [-0.39, 0.29) is 6.10 Å². The number of benzene rings is 4. The predicted octanol–water partition coefficient (Wildman–Crippen LogP) is 14.2. The summed E-state index contributed by atoms with van der Waals surface area (Å²) in [6.45, 7) is 14.8. The Bertz CT molecular complexity index is 2060. The molecule has 1 saturated heterocycles. The lowest BCUT2D eigenvalue weighted by atomic mass is 9.44. The van der Waals surface area contributed by atoms with Crippen LogP contribution in [0.25, 0.3) is 0 Å². The Morgan fingerprint density at radius 3 is 1.69 bits per heavy atom. The van der Waals surface area contributed by atoms with Gasteiger partial charge >= 0.3 is 0 Å². The number of hydrogen-bond acceptors (Lipinski definition) is 6. The van der Waals surface area contributed by atoms with Gasteiger partial charge in [0.25, 0.3) is 0 Å². The van der Waals surface area contributed by atoms with Crippen molar-refractivity contribution in [2.24, 2.45) is 52.3 Å². The van der Waals surface area contributed by atoms with E-state index in [4.69, 9.17) is 28.4 Å². The summed E-state index contributed by atoms with van der Waals surface area (Å²) in [5.74, 6) is 5.77. The molecule has 0 bridgehead atoms. The van der Waals surface area contributed by atoms with Crippen molar-refractivity contribution in [3.8, 4) is 0 Å². The summed E-state index contributed by atoms with van der Waals surface area (Å²) in [5.41, 5.74) is 5.28. The van der Waals surface area contributed by atoms with Gasteiger partial charge in [0.15, 0.2) is 6.29 Å². The lowest BCUT2D eigenvalue weighted by molar-refractivity contribution is -0.340. The van der Waals surface area contributed by atoms with Crippen molar-refractivity contribution in [3.63, 3.8) is 0 Å². The van der Waals surface area contributed by atoms with Crippen molar-refractivity contribution in [1.82, 2.24) is 0 Å². The molecule has 5 fully saturated rings. The fourth-order valence-corrected chi connectivity index (χ4v) is 14.4. The van der Waals surface area contributed by atoms with E-state index in [0.29, 0.717) is 49.8 Å². The van der Waals surface area contributed by atoms with E-state index in [1.54, 1.807) is 0 Å². The van der Waals surface area contributed by atoms with E-state index in [1.807, 2.05) is 18.2 Å². The van der Waals surface area contributed by atoms with Crippen molar-refractivity contribution in [2.75, 3.05) is 6.61 Å². The van der Waals surface area contributed by atoms with E-state index >= 15 is 0 Å². The minimum Gasteiger partial charge on any atom is -0.374 e. The summed E-state index contributed by atoms with van der Waals surface area (Å²) in [6.07, 6.45) is 13.3. The molecule has 1 heterocycles. The topological polar surface area (TPSA) is 55.4 Å². The first kappa shape index (κ1) is 48.7. The molecule has 4 aromatic rings. The van der Waals surface area contributed by atoms with E-state index in [1.165, 1.54) is 64.2 Å². The molecule has 14 atom stereocenters. The molecule has 4 aliphatic carbocycles. The lowest BCUT2D eigenvalue weighted by Gasteiger charge is -2.61. The predicted molar refractivity (Wildman–Crippen MR) is 268 cm³/mol. The lowest BCUT2D eigenvalue weighted by Crippen LogP contribution is -2.62. The quantitative estimate of drug-likeness (QED) is 0.0824. The molecule has 5 aliphatic rings. The second kappa shape index (κ2) is 22.6. The second-order valence-corrected chi connectivity index (χ2v) is 22.5. The third-order valence-electron chi connectivity index (χ3n) is 18.0. The van der Waals surface area contributed by atoms with Gasteiger partial charge in [0, 0.05) is 0 Å². The standard InChI is InChI=1S/C61H82O6/c1-43(2)19-18-20-44(3)52-31-32-53-51-30-29-49-37-50(33-35-60(49,4)54(51)34-36-61(52,53)5)66-59-58(65-41-48-27-16-9-17-28-48)57(64-40-47-25-14-8-15-26-47)56(63-39-46-23-12-7-13-24-46)55(67-59)42-62-38-45-21-10-6-11-22-45/h6-17,21-28,43-44,49-59H,18-20,29-42H2,1-5H3/t44-,49+,50+,51+,52-,53+,54+,55-,56+,57+,58-,59-,60+,61-/m1/s1. The highest BCUT2D eigenvalue weighted by Gasteiger charge is 2.61. The molecular formula is C61H82O6. The Labute approximate surface area is 404 Å². The molecular weight excluding hydrogens is 829 g/mol. The van der Waals surface area contributed by atoms with Gasteiger partial charge in [-0.3, -0.25) is 0 Å². The molecule has 6 heteroatoms. The third kappa shape index (κ3) is 11.5. The number of ether oxygens (including phenoxy) is 6. The molecule has 362 valence electrons. The number of hydrogen-bond donors (Lipinski definition) is 0. The summed E-state index contributed by atoms with van der Waals surface area (Å²) in [4.78, 5) is 0. The van der Waals surface area contributed by atoms with Crippen LogP contribution in [-0.4, -0.2) is 43.4 Å². The second-order valence-electron chi connectivity index (χ2n) is 22.5. The van der Waals surface area contributed by atoms with Crippen molar-refractivity contribution in [2.45, 2.75) is 175 Å². The molecule has 4 saturated carbocycles. The Morgan fingerprint density at radius 2 is 1.09 bits per heavy atom. The van der Waals surface area contributed by atoms with Crippen LogP contribution in [0.15, 0.2) is 121 Å². The van der Waals surface area contributed by atoms with Crippen LogP contribution in [-0.2, 0) is 54.8 Å². The SMILES string of the molecule is CC(C)CCC[C@@H](C)[C@H]1CC[C@H]2[C@@H]3CC[C@H]4C[C@@H](O[C@@H]5O[C@H](COCc6ccccc6)[C@H](OCc6ccccc6)[C@H](OCc6ccccc6)[C@H]5OCc5ccccc5)CC[C@]4(C)[C@H]3CC[C@]12C. The van der Waals surface area contributed by atoms with Crippen molar-refractivity contribution < 1.29 is 28.4 Å². The van der Waals surface area contributed by atoms with Gasteiger partial charge in [-0.2, -0.15) is 0 Å². The van der Waals surface area contributed by atoms with Gasteiger partial charge in [-0.25, -0.2) is 0 Å². The Morgan fingerprint density at radius 1 is 0.552 bits per heavy atom. The molecule has 6 nitrogen and oxygen atoms in total. The summed E-state index contributed by atoms with van der Waals surface area (Å²) in [7, 11) is 0. The summed E-state index contributed by atoms with van der Waals surface area (Å²) < 4.78 is 42.2. The smallest absolute Gasteiger partial charge is 0.187 e. The molecule has 0 aromatic heterocycles. The van der Waals surface area contributed by atoms with Crippen LogP contribution in [0.4, 0.5) is 0 Å². The summed E-state index contributed by atoms with van der Waals surface area (Å²) >= 11 is 0. The van der Waals surface area contributed by atoms with Gasteiger partial charge in [0.2, 0.25) is 0 Å². The Kier molecular flexibility index (Phi) is 16.4. The first-order valence-corrected chi connectivity index (χ1v) is 26.6. The Balaban J connectivity index is 0.946. The van der Waals surface area contributed by atoms with Crippen LogP contribution in [0, 0.1) is 52.3 Å². The zero-order chi connectivity index (χ0) is 46.2. The van der Waals surface area contributed by atoms with Crippen LogP contribution >= 0.6 is 0 Å². The highest BCUT2D eigenvalue weighted by molar-refractivity contribution is 5.17. The molecule has 1 aliphatic heterocycles. The van der Waals surface area contributed by atoms with Gasteiger partial charge in [-0.15, -0.1) is 0 Å². The zero-order valence-corrected chi connectivity index (χ0v) is 41.5. The van der Waals surface area contributed by atoms with Crippen molar-refractivity contribution in [3.05, 3.63) is 144 Å². The van der Waals surface area contributed by atoms with Crippen LogP contribution in [0.5, 0.6) is 0 Å². The fourth-order valence-electron chi connectivity index (χ4n) is 14.4. The van der Waals surface area contributed by atoms with Gasteiger partial charge < -0.3 is 28.4 Å². The highest BCUT2D eigenvalue weighted by atomic mass is 16.7. The highest BCUT2D eigenvalue weighted by Crippen LogP contribution is 2.68. The summed E-state index contributed by atoms with van der Waals surface area (Å²) in [6, 6.07) is 41.6. The zero-order valence-electron chi connectivity index (χ0n) is 41.5. The Hall–Kier alpha value is -3.36. The van der Waals surface area contributed by atoms with Crippen LogP contribution in [0.1, 0.15) is 134 Å². The molecule has 4 aromatic carbocycles. The van der Waals surface area contributed by atoms with Crippen LogP contribution in [0.2, 0.25) is 0 Å². The third-order valence-corrected chi connectivity index (χ3v) is 18.0. The molecule has 9 rings (SSSR count). The molecule has 0 N–H and O–H groups in total. The van der Waals surface area contributed by atoms with E-state index in [9.17, 15) is 0 Å². The normalized spacial score (nSPS) is 34.3. The largest absolute Gasteiger partial charge is 0.374 e. The maximum atomic E-state index is 7.39. The van der Waals surface area contributed by atoms with Crippen molar-refractivity contribution in [1.29, 1.82) is 0 Å². The van der Waals surface area contributed by atoms with Gasteiger partial charge in [-0.1, -0.05) is 175 Å². The van der Waals surface area contributed by atoms with Crippen LogP contribution in [0.3, 0.4) is 0 Å². The molecule has 67 heavy (non-hydrogen) atoms. The maximum absolute atomic E-state index is 7.39. The average molecular weight is 911 g/mol. The number of rotatable bonds is 20. The molecule has 0 radical (unpaired) electrons. The van der Waals surface area contributed by atoms with Gasteiger partial charge in [-0.05, 0) is 132 Å².